The summed E-state index contributed by atoms with van der Waals surface area (Å²) in [6.45, 7) is 3.14. The summed E-state index contributed by atoms with van der Waals surface area (Å²) in [5.74, 6) is 0. The predicted octanol–water partition coefficient (Wildman–Crippen LogP) is 2.73. The summed E-state index contributed by atoms with van der Waals surface area (Å²) in [7, 11) is 0. The zero-order chi connectivity index (χ0) is 15.9. The van der Waals surface area contributed by atoms with Gasteiger partial charge in [-0.1, -0.05) is 30.3 Å². The fourth-order valence-corrected chi connectivity index (χ4v) is 2.88. The molecule has 23 heavy (non-hydrogen) atoms. The standard InChI is InChI=1S/C18H22N4O/c19-9-5-10-22-14-16(12-20-13-17-8-4-11-23-17)18(21-22)15-6-2-1-3-7-15/h1-3,6-7,14,17,20H,4-5,8,10-13H2. The summed E-state index contributed by atoms with van der Waals surface area (Å²) < 4.78 is 7.51. The molecule has 0 aliphatic carbocycles. The molecular formula is C18H22N4O. The Morgan fingerprint density at radius 1 is 1.35 bits per heavy atom. The van der Waals surface area contributed by atoms with Crippen molar-refractivity contribution in [3.8, 4) is 17.3 Å². The predicted molar refractivity (Wildman–Crippen MR) is 88.6 cm³/mol. The quantitative estimate of drug-likeness (QED) is 0.854. The lowest BCUT2D eigenvalue weighted by atomic mass is 10.1. The van der Waals surface area contributed by atoms with E-state index in [1.807, 2.05) is 29.1 Å². The number of hydrogen-bond donors (Lipinski definition) is 1. The number of nitriles is 1. The average Bonchev–Trinajstić information content (AvgIpc) is 3.24. The van der Waals surface area contributed by atoms with Gasteiger partial charge in [0.1, 0.15) is 0 Å². The van der Waals surface area contributed by atoms with Crippen molar-refractivity contribution in [2.24, 2.45) is 0 Å². The van der Waals surface area contributed by atoms with Crippen LogP contribution in [0.3, 0.4) is 0 Å². The monoisotopic (exact) mass is 310 g/mol. The maximum atomic E-state index is 8.77. The molecule has 0 bridgehead atoms. The van der Waals surface area contributed by atoms with Crippen LogP contribution >= 0.6 is 0 Å². The number of aryl methyl sites for hydroxylation is 1. The molecule has 0 amide bonds. The molecule has 1 aliphatic rings. The van der Waals surface area contributed by atoms with Gasteiger partial charge in [-0.15, -0.1) is 0 Å². The van der Waals surface area contributed by atoms with Crippen LogP contribution in [0.5, 0.6) is 0 Å². The SMILES string of the molecule is N#CCCn1cc(CNCC2CCCO2)c(-c2ccccc2)n1. The highest BCUT2D eigenvalue weighted by molar-refractivity contribution is 5.62. The van der Waals surface area contributed by atoms with Crippen LogP contribution in [-0.2, 0) is 17.8 Å². The van der Waals surface area contributed by atoms with E-state index in [0.29, 0.717) is 19.1 Å². The third-order valence-corrected chi connectivity index (χ3v) is 4.05. The van der Waals surface area contributed by atoms with Crippen LogP contribution in [0.1, 0.15) is 24.8 Å². The minimum Gasteiger partial charge on any atom is -0.377 e. The van der Waals surface area contributed by atoms with E-state index in [0.717, 1.165) is 49.4 Å². The molecule has 2 heterocycles. The molecule has 0 radical (unpaired) electrons. The molecule has 1 atom stereocenters. The number of hydrogen-bond acceptors (Lipinski definition) is 4. The van der Waals surface area contributed by atoms with Crippen LogP contribution in [0.4, 0.5) is 0 Å². The molecular weight excluding hydrogens is 288 g/mol. The molecule has 1 aromatic heterocycles. The number of nitrogens with one attached hydrogen (secondary N) is 1. The lowest BCUT2D eigenvalue weighted by Crippen LogP contribution is -2.25. The number of ether oxygens (including phenoxy) is 1. The smallest absolute Gasteiger partial charge is 0.0968 e. The molecule has 3 rings (SSSR count). The average molecular weight is 310 g/mol. The topological polar surface area (TPSA) is 62.9 Å². The van der Waals surface area contributed by atoms with Crippen molar-refractivity contribution < 1.29 is 4.74 Å². The normalized spacial score (nSPS) is 17.3. The van der Waals surface area contributed by atoms with Crippen molar-refractivity contribution >= 4 is 0 Å². The van der Waals surface area contributed by atoms with Gasteiger partial charge in [0.25, 0.3) is 0 Å². The first-order valence-electron chi connectivity index (χ1n) is 8.18. The molecule has 1 N–H and O–H groups in total. The second kappa shape index (κ2) is 7.91. The highest BCUT2D eigenvalue weighted by Crippen LogP contribution is 2.22. The van der Waals surface area contributed by atoms with Gasteiger partial charge in [0.2, 0.25) is 0 Å². The molecule has 1 aliphatic heterocycles. The minimum atomic E-state index is 0.337. The molecule has 5 nitrogen and oxygen atoms in total. The van der Waals surface area contributed by atoms with E-state index in [1.165, 1.54) is 0 Å². The van der Waals surface area contributed by atoms with Gasteiger partial charge in [-0.25, -0.2) is 0 Å². The Morgan fingerprint density at radius 2 is 2.22 bits per heavy atom. The summed E-state index contributed by atoms with van der Waals surface area (Å²) in [6, 6.07) is 12.4. The molecule has 1 unspecified atom stereocenters. The van der Waals surface area contributed by atoms with Crippen LogP contribution in [0, 0.1) is 11.3 Å². The third-order valence-electron chi connectivity index (χ3n) is 4.05. The molecule has 2 aromatic rings. The molecule has 0 saturated carbocycles. The van der Waals surface area contributed by atoms with Crippen molar-refractivity contribution in [2.75, 3.05) is 13.2 Å². The van der Waals surface area contributed by atoms with E-state index in [1.54, 1.807) is 0 Å². The van der Waals surface area contributed by atoms with Crippen LogP contribution in [0.15, 0.2) is 36.5 Å². The van der Waals surface area contributed by atoms with Crippen molar-refractivity contribution in [2.45, 2.75) is 38.5 Å². The lowest BCUT2D eigenvalue weighted by Gasteiger charge is -2.10. The summed E-state index contributed by atoms with van der Waals surface area (Å²) in [6.07, 6.45) is 5.15. The fraction of sp³-hybridized carbons (Fsp3) is 0.444. The largest absolute Gasteiger partial charge is 0.377 e. The fourth-order valence-electron chi connectivity index (χ4n) is 2.88. The van der Waals surface area contributed by atoms with E-state index < -0.39 is 0 Å². The Kier molecular flexibility index (Phi) is 5.41. The maximum absolute atomic E-state index is 8.77. The Balaban J connectivity index is 1.71. The Bertz CT molecular complexity index is 653. The van der Waals surface area contributed by atoms with Gasteiger partial charge in [0.05, 0.1) is 30.8 Å². The van der Waals surface area contributed by atoms with E-state index in [4.69, 9.17) is 10.00 Å². The first-order chi connectivity index (χ1) is 11.4. The first kappa shape index (κ1) is 15.7. The number of aromatic nitrogens is 2. The zero-order valence-corrected chi connectivity index (χ0v) is 13.2. The second-order valence-corrected chi connectivity index (χ2v) is 5.81. The van der Waals surface area contributed by atoms with Crippen LogP contribution in [0.25, 0.3) is 11.3 Å². The van der Waals surface area contributed by atoms with Crippen molar-refractivity contribution in [3.63, 3.8) is 0 Å². The zero-order valence-electron chi connectivity index (χ0n) is 13.2. The highest BCUT2D eigenvalue weighted by atomic mass is 16.5. The van der Waals surface area contributed by atoms with Crippen LogP contribution in [-0.4, -0.2) is 29.0 Å². The molecule has 120 valence electrons. The van der Waals surface area contributed by atoms with Gasteiger partial charge in [-0.3, -0.25) is 4.68 Å². The van der Waals surface area contributed by atoms with Gasteiger partial charge in [0.15, 0.2) is 0 Å². The van der Waals surface area contributed by atoms with Gasteiger partial charge in [-0.2, -0.15) is 10.4 Å². The van der Waals surface area contributed by atoms with Gasteiger partial charge < -0.3 is 10.1 Å². The summed E-state index contributed by atoms with van der Waals surface area (Å²) in [5, 5.41) is 16.9. The Labute approximate surface area is 136 Å². The molecule has 1 fully saturated rings. The minimum absolute atomic E-state index is 0.337. The molecule has 1 saturated heterocycles. The van der Waals surface area contributed by atoms with E-state index in [9.17, 15) is 0 Å². The van der Waals surface area contributed by atoms with Gasteiger partial charge in [-0.05, 0) is 12.8 Å². The summed E-state index contributed by atoms with van der Waals surface area (Å²) >= 11 is 0. The van der Waals surface area contributed by atoms with Crippen molar-refractivity contribution in [3.05, 3.63) is 42.1 Å². The Morgan fingerprint density at radius 3 is 2.96 bits per heavy atom. The number of benzene rings is 1. The van der Waals surface area contributed by atoms with E-state index in [2.05, 4.69) is 28.6 Å². The van der Waals surface area contributed by atoms with Crippen LogP contribution in [0.2, 0.25) is 0 Å². The van der Waals surface area contributed by atoms with Gasteiger partial charge in [0, 0.05) is 37.0 Å². The summed E-state index contributed by atoms with van der Waals surface area (Å²) in [5.41, 5.74) is 3.26. The number of nitrogens with zero attached hydrogens (tertiary/aromatic N) is 3. The third kappa shape index (κ3) is 4.19. The van der Waals surface area contributed by atoms with E-state index >= 15 is 0 Å². The van der Waals surface area contributed by atoms with Crippen LogP contribution < -0.4 is 5.32 Å². The number of rotatable bonds is 7. The van der Waals surface area contributed by atoms with Crippen molar-refractivity contribution in [1.82, 2.24) is 15.1 Å². The first-order valence-corrected chi connectivity index (χ1v) is 8.18. The summed E-state index contributed by atoms with van der Waals surface area (Å²) in [4.78, 5) is 0. The van der Waals surface area contributed by atoms with E-state index in [-0.39, 0.29) is 0 Å². The molecule has 1 aromatic carbocycles. The van der Waals surface area contributed by atoms with Crippen molar-refractivity contribution in [1.29, 1.82) is 5.26 Å². The maximum Gasteiger partial charge on any atom is 0.0968 e. The molecule has 0 spiro atoms. The molecule has 5 heteroatoms. The van der Waals surface area contributed by atoms with Gasteiger partial charge >= 0.3 is 0 Å². The lowest BCUT2D eigenvalue weighted by molar-refractivity contribution is 0.110. The Hall–Kier alpha value is -2.16. The second-order valence-electron chi connectivity index (χ2n) is 5.81. The highest BCUT2D eigenvalue weighted by Gasteiger charge is 2.16.